The van der Waals surface area contributed by atoms with Crippen LogP contribution in [0.5, 0.6) is 0 Å². The molecule has 1 unspecified atom stereocenters. The Morgan fingerprint density at radius 2 is 1.75 bits per heavy atom. The van der Waals surface area contributed by atoms with Crippen LogP contribution in [0, 0.1) is 13.8 Å². The van der Waals surface area contributed by atoms with Gasteiger partial charge in [-0.3, -0.25) is 4.98 Å². The molecule has 4 rings (SSSR count). The van der Waals surface area contributed by atoms with Crippen molar-refractivity contribution in [3.63, 3.8) is 0 Å². The van der Waals surface area contributed by atoms with Gasteiger partial charge in [0.1, 0.15) is 17.3 Å². The zero-order valence-corrected chi connectivity index (χ0v) is 16.2. The minimum absolute atomic E-state index is 0.101. The predicted molar refractivity (Wildman–Crippen MR) is 110 cm³/mol. The summed E-state index contributed by atoms with van der Waals surface area (Å²) in [7, 11) is 0. The minimum atomic E-state index is 0.101. The van der Waals surface area contributed by atoms with Gasteiger partial charge in [0.05, 0.1) is 0 Å². The van der Waals surface area contributed by atoms with Crippen molar-refractivity contribution in [1.29, 1.82) is 0 Å². The SMILES string of the molecule is Cc1cc(NC(C)c2ccc(-n3ccnc3C)cc2)nc(-c2ccccn2)n1. The predicted octanol–water partition coefficient (Wildman–Crippen LogP) is 4.51. The third kappa shape index (κ3) is 3.76. The van der Waals surface area contributed by atoms with E-state index in [1.165, 1.54) is 5.56 Å². The summed E-state index contributed by atoms with van der Waals surface area (Å²) in [6.07, 6.45) is 5.53. The maximum Gasteiger partial charge on any atom is 0.180 e. The van der Waals surface area contributed by atoms with Gasteiger partial charge in [-0.2, -0.15) is 0 Å². The third-order valence-electron chi connectivity index (χ3n) is 4.61. The highest BCUT2D eigenvalue weighted by Gasteiger charge is 2.10. The number of rotatable bonds is 5. The van der Waals surface area contributed by atoms with Gasteiger partial charge in [-0.05, 0) is 50.6 Å². The van der Waals surface area contributed by atoms with Gasteiger partial charge in [-0.25, -0.2) is 15.0 Å². The zero-order chi connectivity index (χ0) is 19.5. The quantitative estimate of drug-likeness (QED) is 0.560. The van der Waals surface area contributed by atoms with Crippen LogP contribution in [-0.2, 0) is 0 Å². The normalized spacial score (nSPS) is 12.0. The molecule has 3 heterocycles. The minimum Gasteiger partial charge on any atom is -0.363 e. The third-order valence-corrected chi connectivity index (χ3v) is 4.61. The lowest BCUT2D eigenvalue weighted by Crippen LogP contribution is -2.09. The smallest absolute Gasteiger partial charge is 0.180 e. The van der Waals surface area contributed by atoms with Crippen LogP contribution in [0.2, 0.25) is 0 Å². The lowest BCUT2D eigenvalue weighted by atomic mass is 10.1. The van der Waals surface area contributed by atoms with E-state index in [-0.39, 0.29) is 6.04 Å². The van der Waals surface area contributed by atoms with Crippen molar-refractivity contribution >= 4 is 5.82 Å². The summed E-state index contributed by atoms with van der Waals surface area (Å²) in [6.45, 7) is 6.08. The molecule has 28 heavy (non-hydrogen) atoms. The molecule has 0 aliphatic carbocycles. The largest absolute Gasteiger partial charge is 0.363 e. The lowest BCUT2D eigenvalue weighted by Gasteiger charge is -2.16. The molecule has 6 heteroatoms. The van der Waals surface area contributed by atoms with Crippen LogP contribution in [0.25, 0.3) is 17.2 Å². The molecule has 0 fully saturated rings. The van der Waals surface area contributed by atoms with E-state index in [1.807, 2.05) is 50.5 Å². The van der Waals surface area contributed by atoms with E-state index in [9.17, 15) is 0 Å². The zero-order valence-electron chi connectivity index (χ0n) is 16.2. The van der Waals surface area contributed by atoms with E-state index in [2.05, 4.69) is 61.0 Å². The van der Waals surface area contributed by atoms with Crippen LogP contribution < -0.4 is 5.32 Å². The number of pyridine rings is 1. The second kappa shape index (κ2) is 7.60. The highest BCUT2D eigenvalue weighted by atomic mass is 15.1. The Morgan fingerprint density at radius 3 is 2.43 bits per heavy atom. The Kier molecular flexibility index (Phi) is 4.85. The number of benzene rings is 1. The molecule has 0 saturated heterocycles. The summed E-state index contributed by atoms with van der Waals surface area (Å²) in [5.74, 6) is 2.38. The van der Waals surface area contributed by atoms with Gasteiger partial charge in [0.15, 0.2) is 5.82 Å². The summed E-state index contributed by atoms with van der Waals surface area (Å²) >= 11 is 0. The van der Waals surface area contributed by atoms with Crippen molar-refractivity contribution in [2.24, 2.45) is 0 Å². The molecule has 3 aromatic heterocycles. The standard InChI is InChI=1S/C22H22N6/c1-15-14-21(27-22(25-15)20-6-4-5-11-24-20)26-16(2)18-7-9-19(10-8-18)28-13-12-23-17(28)3/h4-14,16H,1-3H3,(H,25,26,27). The van der Waals surface area contributed by atoms with E-state index in [0.29, 0.717) is 5.82 Å². The van der Waals surface area contributed by atoms with E-state index in [1.54, 1.807) is 6.20 Å². The van der Waals surface area contributed by atoms with Crippen LogP contribution >= 0.6 is 0 Å². The van der Waals surface area contributed by atoms with E-state index in [0.717, 1.165) is 28.7 Å². The van der Waals surface area contributed by atoms with Crippen molar-refractivity contribution in [2.75, 3.05) is 5.32 Å². The average molecular weight is 370 g/mol. The molecule has 0 saturated carbocycles. The van der Waals surface area contributed by atoms with Crippen molar-refractivity contribution in [3.8, 4) is 17.2 Å². The van der Waals surface area contributed by atoms with Gasteiger partial charge in [0.2, 0.25) is 0 Å². The molecule has 0 amide bonds. The van der Waals surface area contributed by atoms with Gasteiger partial charge >= 0.3 is 0 Å². The lowest BCUT2D eigenvalue weighted by molar-refractivity contribution is 0.868. The van der Waals surface area contributed by atoms with Crippen molar-refractivity contribution < 1.29 is 0 Å². The summed E-state index contributed by atoms with van der Waals surface area (Å²) in [4.78, 5) is 17.8. The van der Waals surface area contributed by atoms with Crippen molar-refractivity contribution in [1.82, 2.24) is 24.5 Å². The summed E-state index contributed by atoms with van der Waals surface area (Å²) < 4.78 is 2.06. The Labute approximate surface area is 164 Å². The summed E-state index contributed by atoms with van der Waals surface area (Å²) in [5.41, 5.74) is 3.94. The van der Waals surface area contributed by atoms with E-state index in [4.69, 9.17) is 0 Å². The molecule has 1 N–H and O–H groups in total. The number of hydrogen-bond donors (Lipinski definition) is 1. The first-order valence-corrected chi connectivity index (χ1v) is 9.24. The molecule has 0 aliphatic rings. The van der Waals surface area contributed by atoms with Gasteiger partial charge in [0.25, 0.3) is 0 Å². The topological polar surface area (TPSA) is 68.5 Å². The number of imidazole rings is 1. The molecular formula is C22H22N6. The first-order chi connectivity index (χ1) is 13.6. The van der Waals surface area contributed by atoms with Crippen LogP contribution in [0.3, 0.4) is 0 Å². The van der Waals surface area contributed by atoms with E-state index >= 15 is 0 Å². The van der Waals surface area contributed by atoms with Crippen LogP contribution in [0.4, 0.5) is 5.82 Å². The molecule has 1 aromatic carbocycles. The first-order valence-electron chi connectivity index (χ1n) is 9.24. The fraction of sp³-hybridized carbons (Fsp3) is 0.182. The number of anilines is 1. The Hall–Kier alpha value is -3.54. The Balaban J connectivity index is 1.54. The molecule has 140 valence electrons. The maximum absolute atomic E-state index is 4.64. The fourth-order valence-corrected chi connectivity index (χ4v) is 3.13. The number of hydrogen-bond acceptors (Lipinski definition) is 5. The first kappa shape index (κ1) is 17.9. The van der Waals surface area contributed by atoms with Crippen LogP contribution in [-0.4, -0.2) is 24.5 Å². The molecule has 0 aliphatic heterocycles. The number of nitrogens with zero attached hydrogens (tertiary/aromatic N) is 5. The van der Waals surface area contributed by atoms with Gasteiger partial charge < -0.3 is 9.88 Å². The molecule has 0 radical (unpaired) electrons. The molecule has 4 aromatic rings. The molecular weight excluding hydrogens is 348 g/mol. The van der Waals surface area contributed by atoms with Crippen molar-refractivity contribution in [3.05, 3.63) is 84.2 Å². The summed E-state index contributed by atoms with van der Waals surface area (Å²) in [5, 5.41) is 3.48. The number of nitrogens with one attached hydrogen (secondary N) is 1. The van der Waals surface area contributed by atoms with Crippen LogP contribution in [0.15, 0.2) is 67.1 Å². The maximum atomic E-state index is 4.64. The summed E-state index contributed by atoms with van der Waals surface area (Å²) in [6, 6.07) is 16.2. The molecule has 6 nitrogen and oxygen atoms in total. The van der Waals surface area contributed by atoms with Crippen molar-refractivity contribution in [2.45, 2.75) is 26.8 Å². The monoisotopic (exact) mass is 370 g/mol. The second-order valence-corrected chi connectivity index (χ2v) is 6.74. The second-order valence-electron chi connectivity index (χ2n) is 6.74. The van der Waals surface area contributed by atoms with Gasteiger partial charge in [-0.1, -0.05) is 18.2 Å². The number of aryl methyl sites for hydroxylation is 2. The molecule has 0 spiro atoms. The molecule has 0 bridgehead atoms. The number of aromatic nitrogens is 5. The van der Waals surface area contributed by atoms with Crippen LogP contribution in [0.1, 0.15) is 30.0 Å². The van der Waals surface area contributed by atoms with E-state index < -0.39 is 0 Å². The highest BCUT2D eigenvalue weighted by Crippen LogP contribution is 2.22. The Morgan fingerprint density at radius 1 is 0.929 bits per heavy atom. The van der Waals surface area contributed by atoms with Gasteiger partial charge in [0, 0.05) is 42.1 Å². The van der Waals surface area contributed by atoms with Gasteiger partial charge in [-0.15, -0.1) is 0 Å². The Bertz CT molecular complexity index is 1070. The fourth-order valence-electron chi connectivity index (χ4n) is 3.13. The highest BCUT2D eigenvalue weighted by molar-refractivity contribution is 5.53. The average Bonchev–Trinajstić information content (AvgIpc) is 3.14. The molecule has 1 atom stereocenters.